The number of nitrogens with one attached hydrogen (secondary N) is 2. The standard InChI is InChI=1S/C21H19ClN2O6S2/c1-14(25)15-7-9-16(10-8-15)31(26,27)24-20-13-17(11-12-21(20)30-2)32(28,29)23-19-6-4-3-5-18(19)22/h3-13,23-24H,1-2H3. The Morgan fingerprint density at radius 2 is 1.38 bits per heavy atom. The molecule has 0 saturated carbocycles. The first kappa shape index (κ1) is 23.6. The molecule has 0 bridgehead atoms. The smallest absolute Gasteiger partial charge is 0.262 e. The third kappa shape index (κ3) is 5.21. The van der Waals surface area contributed by atoms with Crippen LogP contribution < -0.4 is 14.2 Å². The summed E-state index contributed by atoms with van der Waals surface area (Å²) in [6, 6.07) is 15.4. The number of methoxy groups -OCH3 is 1. The summed E-state index contributed by atoms with van der Waals surface area (Å²) in [7, 11) is -6.85. The molecule has 11 heteroatoms. The van der Waals surface area contributed by atoms with E-state index >= 15 is 0 Å². The SMILES string of the molecule is COc1ccc(S(=O)(=O)Nc2ccccc2Cl)cc1NS(=O)(=O)c1ccc(C(C)=O)cc1. The molecule has 3 aromatic carbocycles. The molecule has 0 saturated heterocycles. The summed E-state index contributed by atoms with van der Waals surface area (Å²) in [6.45, 7) is 1.37. The first-order chi connectivity index (χ1) is 15.0. The summed E-state index contributed by atoms with van der Waals surface area (Å²) >= 11 is 6.02. The van der Waals surface area contributed by atoms with E-state index in [9.17, 15) is 21.6 Å². The number of hydrogen-bond donors (Lipinski definition) is 2. The van der Waals surface area contributed by atoms with Gasteiger partial charge in [0.2, 0.25) is 0 Å². The summed E-state index contributed by atoms with van der Waals surface area (Å²) in [5.41, 5.74) is 0.461. The van der Waals surface area contributed by atoms with Crippen molar-refractivity contribution in [1.82, 2.24) is 0 Å². The Bertz CT molecular complexity index is 1370. The molecule has 0 aromatic heterocycles. The van der Waals surface area contributed by atoms with Crippen molar-refractivity contribution in [2.24, 2.45) is 0 Å². The third-order valence-corrected chi connectivity index (χ3v) is 7.49. The Kier molecular flexibility index (Phi) is 6.77. The second kappa shape index (κ2) is 9.19. The Labute approximate surface area is 191 Å². The van der Waals surface area contributed by atoms with Crippen LogP contribution in [0.1, 0.15) is 17.3 Å². The van der Waals surface area contributed by atoms with Crippen molar-refractivity contribution in [3.8, 4) is 5.75 Å². The molecule has 0 fully saturated rings. The van der Waals surface area contributed by atoms with Crippen molar-refractivity contribution in [2.45, 2.75) is 16.7 Å². The lowest BCUT2D eigenvalue weighted by molar-refractivity contribution is 0.101. The predicted octanol–water partition coefficient (Wildman–Crippen LogP) is 4.15. The van der Waals surface area contributed by atoms with E-state index in [1.807, 2.05) is 0 Å². The van der Waals surface area contributed by atoms with Crippen molar-refractivity contribution in [3.05, 3.63) is 77.3 Å². The molecule has 0 radical (unpaired) electrons. The zero-order valence-electron chi connectivity index (χ0n) is 17.0. The van der Waals surface area contributed by atoms with Crippen molar-refractivity contribution in [2.75, 3.05) is 16.6 Å². The number of ether oxygens (including phenoxy) is 1. The number of hydrogen-bond acceptors (Lipinski definition) is 6. The maximum absolute atomic E-state index is 12.8. The van der Waals surface area contributed by atoms with Crippen LogP contribution in [0.25, 0.3) is 0 Å². The van der Waals surface area contributed by atoms with Gasteiger partial charge >= 0.3 is 0 Å². The molecule has 0 aliphatic rings. The highest BCUT2D eigenvalue weighted by atomic mass is 35.5. The molecular formula is C21H19ClN2O6S2. The molecule has 0 heterocycles. The topological polar surface area (TPSA) is 119 Å². The van der Waals surface area contributed by atoms with Gasteiger partial charge in [-0.25, -0.2) is 16.8 Å². The second-order valence-electron chi connectivity index (χ2n) is 6.63. The van der Waals surface area contributed by atoms with Crippen LogP contribution in [-0.2, 0) is 20.0 Å². The summed E-state index contributed by atoms with van der Waals surface area (Å²) in [5.74, 6) is -0.0851. The number of ketones is 1. The monoisotopic (exact) mass is 494 g/mol. The van der Waals surface area contributed by atoms with Crippen LogP contribution >= 0.6 is 11.6 Å². The highest BCUT2D eigenvalue weighted by Crippen LogP contribution is 2.31. The molecular weight excluding hydrogens is 476 g/mol. The van der Waals surface area contributed by atoms with E-state index in [0.717, 1.165) is 6.07 Å². The zero-order chi connectivity index (χ0) is 23.5. The number of para-hydroxylation sites is 1. The Morgan fingerprint density at radius 1 is 0.812 bits per heavy atom. The lowest BCUT2D eigenvalue weighted by atomic mass is 10.2. The quantitative estimate of drug-likeness (QED) is 0.454. The third-order valence-electron chi connectivity index (χ3n) is 4.41. The minimum Gasteiger partial charge on any atom is -0.495 e. The summed E-state index contributed by atoms with van der Waals surface area (Å²) in [5, 5.41) is 0.208. The minimum atomic E-state index is -4.09. The molecule has 0 aliphatic carbocycles. The lowest BCUT2D eigenvalue weighted by Gasteiger charge is -2.15. The molecule has 0 atom stereocenters. The van der Waals surface area contributed by atoms with E-state index < -0.39 is 20.0 Å². The van der Waals surface area contributed by atoms with E-state index in [1.54, 1.807) is 12.1 Å². The number of Topliss-reactive ketones (excluding diaryl/α,β-unsaturated/α-hetero) is 1. The molecule has 0 spiro atoms. The Hall–Kier alpha value is -3.08. The van der Waals surface area contributed by atoms with Gasteiger partial charge in [0.1, 0.15) is 5.75 Å². The highest BCUT2D eigenvalue weighted by molar-refractivity contribution is 7.93. The van der Waals surface area contributed by atoms with Crippen molar-refractivity contribution < 1.29 is 26.4 Å². The predicted molar refractivity (Wildman–Crippen MR) is 123 cm³/mol. The second-order valence-corrected chi connectivity index (χ2v) is 10.4. The molecule has 32 heavy (non-hydrogen) atoms. The van der Waals surface area contributed by atoms with E-state index in [-0.39, 0.29) is 37.7 Å². The average Bonchev–Trinajstić information content (AvgIpc) is 2.75. The molecule has 2 N–H and O–H groups in total. The van der Waals surface area contributed by atoms with Gasteiger partial charge in [0, 0.05) is 5.56 Å². The van der Waals surface area contributed by atoms with Gasteiger partial charge in [0.05, 0.1) is 33.3 Å². The van der Waals surface area contributed by atoms with Gasteiger partial charge in [-0.1, -0.05) is 35.9 Å². The maximum Gasteiger partial charge on any atom is 0.262 e. The Morgan fingerprint density at radius 3 is 1.97 bits per heavy atom. The van der Waals surface area contributed by atoms with Gasteiger partial charge < -0.3 is 4.74 Å². The Balaban J connectivity index is 1.95. The molecule has 0 aliphatic heterocycles. The number of sulfonamides is 2. The number of carbonyl (C=O) groups excluding carboxylic acids is 1. The first-order valence-corrected chi connectivity index (χ1v) is 12.5. The number of rotatable bonds is 8. The molecule has 3 rings (SSSR count). The van der Waals surface area contributed by atoms with Gasteiger partial charge in [-0.05, 0) is 49.4 Å². The minimum absolute atomic E-state index is 0.0785. The first-order valence-electron chi connectivity index (χ1n) is 9.13. The molecule has 0 unspecified atom stereocenters. The van der Waals surface area contributed by atoms with Crippen LogP contribution in [0.15, 0.2) is 76.5 Å². The average molecular weight is 495 g/mol. The van der Waals surface area contributed by atoms with Crippen LogP contribution in [0.3, 0.4) is 0 Å². The summed E-state index contributed by atoms with van der Waals surface area (Å²) in [6.07, 6.45) is 0. The van der Waals surface area contributed by atoms with Crippen LogP contribution in [0.4, 0.5) is 11.4 Å². The zero-order valence-corrected chi connectivity index (χ0v) is 19.4. The van der Waals surface area contributed by atoms with E-state index in [0.29, 0.717) is 5.56 Å². The molecule has 0 amide bonds. The fourth-order valence-electron chi connectivity index (χ4n) is 2.75. The maximum atomic E-state index is 12.8. The number of anilines is 2. The largest absolute Gasteiger partial charge is 0.495 e. The molecule has 8 nitrogen and oxygen atoms in total. The van der Waals surface area contributed by atoms with Crippen molar-refractivity contribution >= 4 is 48.8 Å². The van der Waals surface area contributed by atoms with Gasteiger partial charge in [-0.15, -0.1) is 0 Å². The van der Waals surface area contributed by atoms with Gasteiger partial charge in [0.15, 0.2) is 5.78 Å². The van der Waals surface area contributed by atoms with Gasteiger partial charge in [-0.3, -0.25) is 14.2 Å². The van der Waals surface area contributed by atoms with Gasteiger partial charge in [-0.2, -0.15) is 0 Å². The number of carbonyl (C=O) groups is 1. The van der Waals surface area contributed by atoms with E-state index in [1.165, 1.54) is 62.6 Å². The fourth-order valence-corrected chi connectivity index (χ4v) is 5.16. The van der Waals surface area contributed by atoms with E-state index in [4.69, 9.17) is 16.3 Å². The summed E-state index contributed by atoms with van der Waals surface area (Å²) in [4.78, 5) is 11.1. The van der Waals surface area contributed by atoms with Gasteiger partial charge in [0.25, 0.3) is 20.0 Å². The van der Waals surface area contributed by atoms with Crippen LogP contribution in [0.5, 0.6) is 5.75 Å². The van der Waals surface area contributed by atoms with Crippen molar-refractivity contribution in [3.63, 3.8) is 0 Å². The van der Waals surface area contributed by atoms with Crippen molar-refractivity contribution in [1.29, 1.82) is 0 Å². The lowest BCUT2D eigenvalue weighted by Crippen LogP contribution is -2.16. The van der Waals surface area contributed by atoms with Crippen LogP contribution in [0, 0.1) is 0 Å². The molecule has 168 valence electrons. The summed E-state index contributed by atoms with van der Waals surface area (Å²) < 4.78 is 61.2. The van der Waals surface area contributed by atoms with E-state index in [2.05, 4.69) is 9.44 Å². The fraction of sp³-hybridized carbons (Fsp3) is 0.0952. The highest BCUT2D eigenvalue weighted by Gasteiger charge is 2.21. The number of benzene rings is 3. The number of halogens is 1. The normalized spacial score (nSPS) is 11.6. The van der Waals surface area contributed by atoms with Crippen LogP contribution in [-0.4, -0.2) is 29.7 Å². The molecule has 3 aromatic rings. The van der Waals surface area contributed by atoms with Crippen LogP contribution in [0.2, 0.25) is 5.02 Å².